The van der Waals surface area contributed by atoms with Crippen LogP contribution in [0.3, 0.4) is 0 Å². The van der Waals surface area contributed by atoms with E-state index in [9.17, 15) is 14.4 Å². The van der Waals surface area contributed by atoms with Crippen LogP contribution in [-0.2, 0) is 22.7 Å². The summed E-state index contributed by atoms with van der Waals surface area (Å²) < 4.78 is 0. The standard InChI is InChI=1S/C19H22N4O3/c24-16-4-3-15(17(25)22-16)23-9-12-2-1-11(5-14(12)18(23)26)7-21-19-6-13(19)8-20-10-19/h1-2,5,13,15,20-21H,3-4,6-10H2,(H,22,24,25)/t13-,15?,19-/m1/s1. The molecule has 1 unspecified atom stereocenters. The summed E-state index contributed by atoms with van der Waals surface area (Å²) in [6.45, 7) is 3.29. The van der Waals surface area contributed by atoms with E-state index in [1.54, 1.807) is 4.90 Å². The number of nitrogens with zero attached hydrogens (tertiary/aromatic N) is 1. The van der Waals surface area contributed by atoms with Crippen molar-refractivity contribution in [2.24, 2.45) is 5.92 Å². The number of carbonyl (C=O) groups excluding carboxylic acids is 3. The van der Waals surface area contributed by atoms with Gasteiger partial charge in [-0.15, -0.1) is 0 Å². The molecule has 136 valence electrons. The highest BCUT2D eigenvalue weighted by Gasteiger charge is 2.56. The maximum absolute atomic E-state index is 12.8. The number of fused-ring (bicyclic) bond motifs is 2. The molecule has 3 heterocycles. The Morgan fingerprint density at radius 1 is 1.27 bits per heavy atom. The molecule has 3 fully saturated rings. The fourth-order valence-corrected chi connectivity index (χ4v) is 4.60. The van der Waals surface area contributed by atoms with Crippen molar-refractivity contribution in [1.82, 2.24) is 20.9 Å². The fraction of sp³-hybridized carbons (Fsp3) is 0.526. The molecule has 1 aromatic rings. The van der Waals surface area contributed by atoms with Crippen LogP contribution in [0.1, 0.15) is 40.7 Å². The van der Waals surface area contributed by atoms with Gasteiger partial charge in [-0.25, -0.2) is 0 Å². The van der Waals surface area contributed by atoms with Crippen molar-refractivity contribution in [1.29, 1.82) is 0 Å². The van der Waals surface area contributed by atoms with E-state index in [4.69, 9.17) is 0 Å². The molecule has 4 aliphatic rings. The van der Waals surface area contributed by atoms with Crippen LogP contribution in [0, 0.1) is 5.92 Å². The molecule has 3 atom stereocenters. The molecule has 0 spiro atoms. The molecule has 0 radical (unpaired) electrons. The number of carbonyl (C=O) groups is 3. The van der Waals surface area contributed by atoms with Crippen LogP contribution in [-0.4, -0.2) is 47.3 Å². The Hall–Kier alpha value is -2.25. The molecular formula is C19H22N4O3. The summed E-state index contributed by atoms with van der Waals surface area (Å²) in [5.41, 5.74) is 2.98. The average Bonchev–Trinajstić information content (AvgIpc) is 3.00. The third-order valence-corrected chi connectivity index (χ3v) is 6.30. The van der Waals surface area contributed by atoms with Crippen LogP contribution in [0.15, 0.2) is 18.2 Å². The van der Waals surface area contributed by atoms with Crippen LogP contribution in [0.25, 0.3) is 0 Å². The maximum atomic E-state index is 12.8. The zero-order chi connectivity index (χ0) is 17.9. The van der Waals surface area contributed by atoms with E-state index in [1.807, 2.05) is 12.1 Å². The summed E-state index contributed by atoms with van der Waals surface area (Å²) in [5, 5.41) is 9.40. The molecule has 3 aliphatic heterocycles. The number of hydrogen-bond donors (Lipinski definition) is 3. The molecule has 3 amide bonds. The molecule has 7 nitrogen and oxygen atoms in total. The van der Waals surface area contributed by atoms with Crippen molar-refractivity contribution < 1.29 is 14.4 Å². The molecule has 2 saturated heterocycles. The molecule has 7 heteroatoms. The van der Waals surface area contributed by atoms with E-state index in [0.29, 0.717) is 18.5 Å². The van der Waals surface area contributed by atoms with E-state index in [-0.39, 0.29) is 29.7 Å². The first-order valence-corrected chi connectivity index (χ1v) is 9.28. The quantitative estimate of drug-likeness (QED) is 0.657. The molecular weight excluding hydrogens is 332 g/mol. The molecule has 26 heavy (non-hydrogen) atoms. The molecule has 0 bridgehead atoms. The SMILES string of the molecule is O=C1CCC(N2Cc3ccc(CN[C@]45CNC[C@H]4C5)cc3C2=O)C(=O)N1. The van der Waals surface area contributed by atoms with Gasteiger partial charge in [0, 0.05) is 37.2 Å². The van der Waals surface area contributed by atoms with E-state index in [2.05, 4.69) is 22.0 Å². The zero-order valence-corrected chi connectivity index (χ0v) is 14.5. The van der Waals surface area contributed by atoms with Crippen LogP contribution >= 0.6 is 0 Å². The first-order valence-electron chi connectivity index (χ1n) is 9.28. The lowest BCUT2D eigenvalue weighted by atomic mass is 10.0. The number of nitrogens with one attached hydrogen (secondary N) is 3. The predicted molar refractivity (Wildman–Crippen MR) is 93.0 cm³/mol. The fourth-order valence-electron chi connectivity index (χ4n) is 4.60. The second kappa shape index (κ2) is 5.62. The number of amides is 3. The lowest BCUT2D eigenvalue weighted by molar-refractivity contribution is -0.136. The van der Waals surface area contributed by atoms with Gasteiger partial charge in [0.05, 0.1) is 0 Å². The minimum absolute atomic E-state index is 0.110. The first-order chi connectivity index (χ1) is 12.6. The largest absolute Gasteiger partial charge is 0.322 e. The molecule has 1 saturated carbocycles. The topological polar surface area (TPSA) is 90.5 Å². The minimum atomic E-state index is -0.551. The second-order valence-corrected chi connectivity index (χ2v) is 7.93. The van der Waals surface area contributed by atoms with Gasteiger partial charge < -0.3 is 15.5 Å². The van der Waals surface area contributed by atoms with Crippen molar-refractivity contribution in [3.05, 3.63) is 34.9 Å². The highest BCUT2D eigenvalue weighted by atomic mass is 16.2. The summed E-state index contributed by atoms with van der Waals surface area (Å²) in [7, 11) is 0. The highest BCUT2D eigenvalue weighted by Crippen LogP contribution is 2.46. The third-order valence-electron chi connectivity index (χ3n) is 6.30. The minimum Gasteiger partial charge on any atom is -0.322 e. The number of piperidine rings is 2. The first kappa shape index (κ1) is 16.0. The maximum Gasteiger partial charge on any atom is 0.255 e. The van der Waals surface area contributed by atoms with Crippen molar-refractivity contribution in [2.45, 2.75) is 43.9 Å². The molecule has 3 N–H and O–H groups in total. The van der Waals surface area contributed by atoms with Gasteiger partial charge in [-0.1, -0.05) is 12.1 Å². The lowest BCUT2D eigenvalue weighted by Crippen LogP contribution is -2.52. The van der Waals surface area contributed by atoms with Gasteiger partial charge in [-0.05, 0) is 42.5 Å². The van der Waals surface area contributed by atoms with Crippen molar-refractivity contribution in [3.8, 4) is 0 Å². The van der Waals surface area contributed by atoms with Crippen LogP contribution in [0.2, 0.25) is 0 Å². The van der Waals surface area contributed by atoms with Gasteiger partial charge in [0.1, 0.15) is 6.04 Å². The zero-order valence-electron chi connectivity index (χ0n) is 14.5. The summed E-state index contributed by atoms with van der Waals surface area (Å²) in [6, 6.07) is 5.45. The number of hydrogen-bond acceptors (Lipinski definition) is 5. The summed E-state index contributed by atoms with van der Waals surface area (Å²) in [6.07, 6.45) is 1.91. The van der Waals surface area contributed by atoms with Crippen LogP contribution in [0.5, 0.6) is 0 Å². The Morgan fingerprint density at radius 2 is 2.15 bits per heavy atom. The highest BCUT2D eigenvalue weighted by molar-refractivity contribution is 6.05. The van der Waals surface area contributed by atoms with Crippen LogP contribution in [0.4, 0.5) is 0 Å². The average molecular weight is 354 g/mol. The van der Waals surface area contributed by atoms with E-state index >= 15 is 0 Å². The number of imide groups is 1. The molecule has 0 aromatic heterocycles. The number of benzene rings is 1. The Bertz CT molecular complexity index is 823. The molecule has 1 aromatic carbocycles. The summed E-state index contributed by atoms with van der Waals surface area (Å²) in [5.74, 6) is 0.00255. The molecule has 1 aliphatic carbocycles. The van der Waals surface area contributed by atoms with Gasteiger partial charge in [-0.3, -0.25) is 19.7 Å². The Morgan fingerprint density at radius 3 is 2.88 bits per heavy atom. The van der Waals surface area contributed by atoms with Crippen LogP contribution < -0.4 is 16.0 Å². The predicted octanol–water partition coefficient (Wildman–Crippen LogP) is -0.101. The van der Waals surface area contributed by atoms with E-state index < -0.39 is 6.04 Å². The van der Waals surface area contributed by atoms with Gasteiger partial charge >= 0.3 is 0 Å². The lowest BCUT2D eigenvalue weighted by Gasteiger charge is -2.29. The normalized spacial score (nSPS) is 32.5. The third kappa shape index (κ3) is 2.46. The monoisotopic (exact) mass is 354 g/mol. The van der Waals surface area contributed by atoms with Crippen molar-refractivity contribution in [2.75, 3.05) is 13.1 Å². The number of rotatable bonds is 4. The van der Waals surface area contributed by atoms with E-state index in [1.165, 1.54) is 6.42 Å². The summed E-state index contributed by atoms with van der Waals surface area (Å²) in [4.78, 5) is 37.9. The van der Waals surface area contributed by atoms with Gasteiger partial charge in [-0.2, -0.15) is 0 Å². The Labute approximate surface area is 151 Å². The van der Waals surface area contributed by atoms with Crippen molar-refractivity contribution in [3.63, 3.8) is 0 Å². The van der Waals surface area contributed by atoms with E-state index in [0.717, 1.165) is 36.7 Å². The van der Waals surface area contributed by atoms with Gasteiger partial charge in [0.2, 0.25) is 11.8 Å². The smallest absolute Gasteiger partial charge is 0.255 e. The Kier molecular flexibility index (Phi) is 3.45. The van der Waals surface area contributed by atoms with Gasteiger partial charge in [0.25, 0.3) is 5.91 Å². The second-order valence-electron chi connectivity index (χ2n) is 7.93. The molecule has 5 rings (SSSR count). The van der Waals surface area contributed by atoms with Crippen molar-refractivity contribution >= 4 is 17.7 Å². The van der Waals surface area contributed by atoms with Gasteiger partial charge in [0.15, 0.2) is 0 Å². The summed E-state index contributed by atoms with van der Waals surface area (Å²) >= 11 is 0. The Balaban J connectivity index is 1.30.